The molecule has 2 N–H and O–H groups in total. The van der Waals surface area contributed by atoms with Gasteiger partial charge < -0.3 is 5.73 Å². The Hall–Kier alpha value is -0.990. The third-order valence-corrected chi connectivity index (χ3v) is 2.87. The van der Waals surface area contributed by atoms with E-state index in [2.05, 4.69) is 32.8 Å². The normalized spacial score (nSPS) is 13.5. The lowest BCUT2D eigenvalue weighted by Crippen LogP contribution is -2.02. The van der Waals surface area contributed by atoms with Crippen molar-refractivity contribution in [3.8, 4) is 0 Å². The summed E-state index contributed by atoms with van der Waals surface area (Å²) < 4.78 is 1.80. The molecule has 15 heavy (non-hydrogen) atoms. The summed E-state index contributed by atoms with van der Waals surface area (Å²) in [5.41, 5.74) is 8.40. The van der Waals surface area contributed by atoms with E-state index in [-0.39, 0.29) is 0 Å². The van der Waals surface area contributed by atoms with E-state index in [1.807, 2.05) is 7.05 Å². The minimum Gasteiger partial charge on any atom is -0.384 e. The Morgan fingerprint density at radius 2 is 1.93 bits per heavy atom. The second kappa shape index (κ2) is 4.69. The number of hydrogen-bond acceptors (Lipinski definition) is 2. The van der Waals surface area contributed by atoms with E-state index < -0.39 is 0 Å². The number of aromatic nitrogens is 2. The highest BCUT2D eigenvalue weighted by atomic mass is 15.3. The van der Waals surface area contributed by atoms with E-state index in [1.54, 1.807) is 4.68 Å². The van der Waals surface area contributed by atoms with E-state index in [0.29, 0.717) is 11.8 Å². The second-order valence-electron chi connectivity index (χ2n) is 4.76. The van der Waals surface area contributed by atoms with Gasteiger partial charge in [0.2, 0.25) is 0 Å². The van der Waals surface area contributed by atoms with Gasteiger partial charge in [0.1, 0.15) is 5.82 Å². The van der Waals surface area contributed by atoms with E-state index in [9.17, 15) is 0 Å². The summed E-state index contributed by atoms with van der Waals surface area (Å²) in [6.07, 6.45) is 2.14. The molecule has 0 amide bonds. The fraction of sp³-hybridized carbons (Fsp3) is 0.750. The zero-order valence-electron chi connectivity index (χ0n) is 10.5. The molecule has 1 heterocycles. The summed E-state index contributed by atoms with van der Waals surface area (Å²) in [7, 11) is 1.92. The fourth-order valence-corrected chi connectivity index (χ4v) is 2.18. The monoisotopic (exact) mass is 209 g/mol. The number of rotatable bonds is 4. The third kappa shape index (κ3) is 2.52. The lowest BCUT2D eigenvalue weighted by molar-refractivity contribution is 0.509. The summed E-state index contributed by atoms with van der Waals surface area (Å²) >= 11 is 0. The molecule has 3 heteroatoms. The van der Waals surface area contributed by atoms with E-state index in [1.165, 1.54) is 17.7 Å². The minimum atomic E-state index is 0.503. The maximum absolute atomic E-state index is 5.98. The van der Waals surface area contributed by atoms with Gasteiger partial charge in [-0.25, -0.2) is 0 Å². The van der Waals surface area contributed by atoms with Crippen molar-refractivity contribution in [1.29, 1.82) is 0 Å². The summed E-state index contributed by atoms with van der Waals surface area (Å²) in [5, 5.41) is 4.53. The topological polar surface area (TPSA) is 43.8 Å². The van der Waals surface area contributed by atoms with Crippen LogP contribution in [0, 0.1) is 5.92 Å². The van der Waals surface area contributed by atoms with Crippen molar-refractivity contribution < 1.29 is 0 Å². The number of nitrogen functional groups attached to an aromatic ring is 1. The van der Waals surface area contributed by atoms with E-state index >= 15 is 0 Å². The Morgan fingerprint density at radius 1 is 1.33 bits per heavy atom. The van der Waals surface area contributed by atoms with Gasteiger partial charge in [0.25, 0.3) is 0 Å². The molecule has 0 bridgehead atoms. The lowest BCUT2D eigenvalue weighted by atomic mass is 9.93. The maximum atomic E-state index is 5.98. The van der Waals surface area contributed by atoms with Crippen LogP contribution in [0.25, 0.3) is 0 Å². The van der Waals surface area contributed by atoms with Gasteiger partial charge in [-0.2, -0.15) is 5.10 Å². The Kier molecular flexibility index (Phi) is 3.77. The highest BCUT2D eigenvalue weighted by molar-refractivity contribution is 5.44. The van der Waals surface area contributed by atoms with Crippen LogP contribution < -0.4 is 5.73 Å². The van der Waals surface area contributed by atoms with Crippen molar-refractivity contribution in [2.75, 3.05) is 5.73 Å². The molecule has 0 saturated carbocycles. The van der Waals surface area contributed by atoms with Crippen molar-refractivity contribution in [2.45, 2.75) is 46.5 Å². The van der Waals surface area contributed by atoms with Gasteiger partial charge in [-0.05, 0) is 18.8 Å². The average molecular weight is 209 g/mol. The van der Waals surface area contributed by atoms with Crippen LogP contribution in [0.5, 0.6) is 0 Å². The van der Waals surface area contributed by atoms with Gasteiger partial charge in [-0.1, -0.05) is 27.7 Å². The van der Waals surface area contributed by atoms with Crippen LogP contribution in [0.1, 0.15) is 51.3 Å². The third-order valence-electron chi connectivity index (χ3n) is 2.87. The van der Waals surface area contributed by atoms with Crippen molar-refractivity contribution >= 4 is 5.82 Å². The standard InChI is InChI=1S/C12H23N3/c1-6-10-11(9(4)7-8(2)3)14-15(5)12(10)13/h8-9H,6-7,13H2,1-5H3. The fourth-order valence-electron chi connectivity index (χ4n) is 2.18. The quantitative estimate of drug-likeness (QED) is 0.828. The molecule has 0 aliphatic carbocycles. The first-order valence-electron chi connectivity index (χ1n) is 5.78. The SMILES string of the molecule is CCc1c(C(C)CC(C)C)nn(C)c1N. The largest absolute Gasteiger partial charge is 0.384 e. The number of nitrogens with zero attached hydrogens (tertiary/aromatic N) is 2. The Morgan fingerprint density at radius 3 is 2.40 bits per heavy atom. The first kappa shape index (κ1) is 12.1. The molecule has 1 unspecified atom stereocenters. The van der Waals surface area contributed by atoms with Crippen LogP contribution in [0.2, 0.25) is 0 Å². The smallest absolute Gasteiger partial charge is 0.124 e. The zero-order chi connectivity index (χ0) is 11.6. The summed E-state index contributed by atoms with van der Waals surface area (Å²) in [4.78, 5) is 0. The molecule has 0 radical (unpaired) electrons. The molecule has 86 valence electrons. The van der Waals surface area contributed by atoms with Crippen LogP contribution in [0.4, 0.5) is 5.82 Å². The van der Waals surface area contributed by atoms with Gasteiger partial charge in [0.05, 0.1) is 5.69 Å². The molecule has 1 rings (SSSR count). The van der Waals surface area contributed by atoms with Gasteiger partial charge in [0.15, 0.2) is 0 Å². The van der Waals surface area contributed by atoms with Crippen LogP contribution in [-0.2, 0) is 13.5 Å². The van der Waals surface area contributed by atoms with Crippen molar-refractivity contribution in [3.05, 3.63) is 11.3 Å². The highest BCUT2D eigenvalue weighted by Crippen LogP contribution is 2.28. The van der Waals surface area contributed by atoms with E-state index in [4.69, 9.17) is 5.73 Å². The molecular formula is C12H23N3. The first-order chi connectivity index (χ1) is 6.97. The van der Waals surface area contributed by atoms with Gasteiger partial charge in [-0.3, -0.25) is 4.68 Å². The zero-order valence-corrected chi connectivity index (χ0v) is 10.5. The molecule has 1 aromatic rings. The number of nitrogens with two attached hydrogens (primary N) is 1. The lowest BCUT2D eigenvalue weighted by Gasteiger charge is -2.12. The van der Waals surface area contributed by atoms with Crippen LogP contribution >= 0.6 is 0 Å². The molecule has 0 saturated heterocycles. The average Bonchev–Trinajstić information content (AvgIpc) is 2.42. The number of anilines is 1. The second-order valence-corrected chi connectivity index (χ2v) is 4.76. The maximum Gasteiger partial charge on any atom is 0.124 e. The highest BCUT2D eigenvalue weighted by Gasteiger charge is 2.18. The molecule has 0 aromatic carbocycles. The summed E-state index contributed by atoms with van der Waals surface area (Å²) in [6, 6.07) is 0. The number of aryl methyl sites for hydroxylation is 1. The molecule has 0 spiro atoms. The Bertz CT molecular complexity index is 326. The molecule has 1 aromatic heterocycles. The van der Waals surface area contributed by atoms with Crippen LogP contribution in [0.15, 0.2) is 0 Å². The molecule has 3 nitrogen and oxygen atoms in total. The predicted molar refractivity (Wildman–Crippen MR) is 64.9 cm³/mol. The van der Waals surface area contributed by atoms with E-state index in [0.717, 1.165) is 12.2 Å². The minimum absolute atomic E-state index is 0.503. The molecular weight excluding hydrogens is 186 g/mol. The van der Waals surface area contributed by atoms with Crippen molar-refractivity contribution in [1.82, 2.24) is 9.78 Å². The summed E-state index contributed by atoms with van der Waals surface area (Å²) in [6.45, 7) is 8.86. The molecule has 0 fully saturated rings. The van der Waals surface area contributed by atoms with Crippen molar-refractivity contribution in [3.63, 3.8) is 0 Å². The van der Waals surface area contributed by atoms with Crippen molar-refractivity contribution in [2.24, 2.45) is 13.0 Å². The van der Waals surface area contributed by atoms with Gasteiger partial charge in [-0.15, -0.1) is 0 Å². The molecule has 1 atom stereocenters. The Labute approximate surface area is 92.7 Å². The van der Waals surface area contributed by atoms with Gasteiger partial charge in [0, 0.05) is 18.5 Å². The van der Waals surface area contributed by atoms with Crippen LogP contribution in [-0.4, -0.2) is 9.78 Å². The first-order valence-corrected chi connectivity index (χ1v) is 5.78. The predicted octanol–water partition coefficient (Wildman–Crippen LogP) is 2.71. The summed E-state index contributed by atoms with van der Waals surface area (Å²) in [5.74, 6) is 2.03. The number of hydrogen-bond donors (Lipinski definition) is 1. The molecule has 0 aliphatic heterocycles. The van der Waals surface area contributed by atoms with Crippen LogP contribution in [0.3, 0.4) is 0 Å². The Balaban J connectivity index is 2.97. The van der Waals surface area contributed by atoms with Gasteiger partial charge >= 0.3 is 0 Å². The molecule has 0 aliphatic rings.